The van der Waals surface area contributed by atoms with Crippen LogP contribution in [0.2, 0.25) is 0 Å². The number of fused-ring (bicyclic) bond motifs is 1. The van der Waals surface area contributed by atoms with Gasteiger partial charge in [0.05, 0.1) is 0 Å². The Morgan fingerprint density at radius 2 is 2.24 bits per heavy atom. The SMILES string of the molecule is CO[C@@H]1C(=O)N2C(C(=O)O)=C(C(N[PH4])OC(C)=O)CS[C@H]12. The molecule has 1 amide bonds. The molecule has 21 heavy (non-hydrogen) atoms. The molecule has 2 N–H and O–H groups in total. The number of thioether (sulfide) groups is 1. The van der Waals surface area contributed by atoms with Gasteiger partial charge in [0.15, 0.2) is 0 Å². The fourth-order valence-corrected chi connectivity index (χ4v) is 4.23. The van der Waals surface area contributed by atoms with E-state index in [0.717, 1.165) is 0 Å². The number of rotatable bonds is 5. The van der Waals surface area contributed by atoms with Crippen molar-refractivity contribution in [3.05, 3.63) is 11.3 Å². The molecule has 2 aliphatic heterocycles. The Balaban J connectivity index is 2.37. The van der Waals surface area contributed by atoms with E-state index in [0.29, 0.717) is 20.7 Å². The van der Waals surface area contributed by atoms with Crippen LogP contribution in [0.25, 0.3) is 0 Å². The van der Waals surface area contributed by atoms with E-state index in [1.807, 2.05) is 0 Å². The number of carboxylic acid groups (broad SMARTS) is 1. The second-order valence-corrected chi connectivity index (χ2v) is 6.21. The van der Waals surface area contributed by atoms with Gasteiger partial charge in [0, 0.05) is 0 Å². The minimum atomic E-state index is -1.22. The van der Waals surface area contributed by atoms with E-state index in [1.54, 1.807) is 0 Å². The first-order valence-corrected chi connectivity index (χ1v) is 8.25. The number of carbonyl (C=O) groups excluding carboxylic acids is 2. The van der Waals surface area contributed by atoms with E-state index in [1.165, 1.54) is 30.7 Å². The molecule has 0 saturated carbocycles. The monoisotopic (exact) mass is 336 g/mol. The summed E-state index contributed by atoms with van der Waals surface area (Å²) in [6.07, 6.45) is -1.44. The molecule has 1 unspecified atom stereocenters. The summed E-state index contributed by atoms with van der Waals surface area (Å²) in [5.41, 5.74) is 0.267. The molecule has 0 aromatic carbocycles. The Labute approximate surface area is 127 Å². The maximum absolute atomic E-state index is 12.0. The van der Waals surface area contributed by atoms with Crippen LogP contribution in [-0.4, -0.2) is 58.4 Å². The third kappa shape index (κ3) is 2.78. The molecule has 0 aromatic heterocycles. The first-order valence-electron chi connectivity index (χ1n) is 6.20. The summed E-state index contributed by atoms with van der Waals surface area (Å²) in [4.78, 5) is 35.9. The van der Waals surface area contributed by atoms with E-state index in [9.17, 15) is 19.5 Å². The third-order valence-corrected chi connectivity index (χ3v) is 5.07. The van der Waals surface area contributed by atoms with Crippen molar-refractivity contribution in [3.63, 3.8) is 0 Å². The summed E-state index contributed by atoms with van der Waals surface area (Å²) in [5, 5.41) is 12.0. The molecule has 118 valence electrons. The zero-order valence-corrected chi connectivity index (χ0v) is 14.6. The molecular weight excluding hydrogens is 319 g/mol. The quantitative estimate of drug-likeness (QED) is 0.285. The maximum atomic E-state index is 12.0. The van der Waals surface area contributed by atoms with Gasteiger partial charge in [-0.1, -0.05) is 0 Å². The Morgan fingerprint density at radius 3 is 2.71 bits per heavy atom. The summed E-state index contributed by atoms with van der Waals surface area (Å²) in [5.74, 6) is -1.77. The Kier molecular flexibility index (Phi) is 4.88. The molecule has 3 atom stereocenters. The van der Waals surface area contributed by atoms with Crippen molar-refractivity contribution in [1.29, 1.82) is 0 Å². The Hall–Kier alpha value is -1.15. The van der Waals surface area contributed by atoms with Gasteiger partial charge >= 0.3 is 127 Å². The number of hydrogen-bond acceptors (Lipinski definition) is 7. The van der Waals surface area contributed by atoms with Gasteiger partial charge in [-0.2, -0.15) is 0 Å². The van der Waals surface area contributed by atoms with Crippen molar-refractivity contribution < 1.29 is 29.0 Å². The first-order chi connectivity index (χ1) is 9.92. The average molecular weight is 336 g/mol. The molecule has 1 saturated heterocycles. The van der Waals surface area contributed by atoms with Crippen LogP contribution in [0.1, 0.15) is 6.92 Å². The van der Waals surface area contributed by atoms with Gasteiger partial charge < -0.3 is 0 Å². The van der Waals surface area contributed by atoms with Gasteiger partial charge in [-0.3, -0.25) is 0 Å². The van der Waals surface area contributed by atoms with E-state index in [2.05, 4.69) is 5.09 Å². The number of β-lactam (4-membered cyclic amide) rings is 1. The van der Waals surface area contributed by atoms with Crippen molar-refractivity contribution >= 4 is 39.0 Å². The second-order valence-electron chi connectivity index (χ2n) is 4.52. The number of amides is 1. The topological polar surface area (TPSA) is 105 Å². The Morgan fingerprint density at radius 1 is 1.57 bits per heavy atom. The number of nitrogens with zero attached hydrogens (tertiary/aromatic N) is 1. The third-order valence-electron chi connectivity index (χ3n) is 3.27. The fourth-order valence-electron chi connectivity index (χ4n) is 2.36. The molecule has 0 aromatic rings. The predicted octanol–water partition coefficient (Wildman–Crippen LogP) is -1.01. The van der Waals surface area contributed by atoms with Crippen LogP contribution in [0, 0.1) is 0 Å². The van der Waals surface area contributed by atoms with Crippen LogP contribution in [0.5, 0.6) is 0 Å². The van der Waals surface area contributed by atoms with Gasteiger partial charge in [0.1, 0.15) is 0 Å². The Bertz CT molecular complexity index is 525. The molecule has 2 aliphatic rings. The number of methoxy groups -OCH3 is 1. The number of ether oxygens (including phenoxy) is 2. The number of carboxylic acids is 1. The van der Waals surface area contributed by atoms with Gasteiger partial charge in [0.2, 0.25) is 0 Å². The van der Waals surface area contributed by atoms with Crippen LogP contribution >= 0.6 is 21.2 Å². The van der Waals surface area contributed by atoms with Crippen molar-refractivity contribution in [3.8, 4) is 0 Å². The van der Waals surface area contributed by atoms with Crippen molar-refractivity contribution in [2.45, 2.75) is 24.6 Å². The molecule has 0 aliphatic carbocycles. The summed E-state index contributed by atoms with van der Waals surface area (Å²) < 4.78 is 10.2. The van der Waals surface area contributed by atoms with Gasteiger partial charge in [0.25, 0.3) is 0 Å². The molecule has 10 heteroatoms. The summed E-state index contributed by atoms with van der Waals surface area (Å²) in [6.45, 7) is 1.25. The summed E-state index contributed by atoms with van der Waals surface area (Å²) >= 11 is 1.39. The summed E-state index contributed by atoms with van der Waals surface area (Å²) in [6, 6.07) is 0. The van der Waals surface area contributed by atoms with E-state index in [4.69, 9.17) is 9.47 Å². The molecular formula is C11H17N2O6PS. The second kappa shape index (κ2) is 6.31. The van der Waals surface area contributed by atoms with Crippen LogP contribution < -0.4 is 5.09 Å². The molecule has 0 bridgehead atoms. The summed E-state index contributed by atoms with van der Waals surface area (Å²) in [7, 11) is 1.92. The van der Waals surface area contributed by atoms with Crippen molar-refractivity contribution in [1.82, 2.24) is 9.99 Å². The van der Waals surface area contributed by atoms with E-state index < -0.39 is 24.3 Å². The standard InChI is InChI=1S/C11H17N2O6PS/c1-4(14)19-8(12-20)5-3-21-10-7(18-2)9(15)13(10)6(5)11(16)17/h7-8,10,12H,3H2,1-2H3,20H4,(H,16,17)/t7-,8?,10-/m1/s1. The number of esters is 1. The van der Waals surface area contributed by atoms with Gasteiger partial charge in [-0.15, -0.1) is 0 Å². The molecule has 0 radical (unpaired) electrons. The number of aliphatic carboxylic acids is 1. The molecule has 2 rings (SSSR count). The zero-order chi connectivity index (χ0) is 15.7. The molecule has 0 spiro atoms. The minimum absolute atomic E-state index is 0.119. The molecule has 8 nitrogen and oxygen atoms in total. The van der Waals surface area contributed by atoms with Crippen LogP contribution in [0.3, 0.4) is 0 Å². The van der Waals surface area contributed by atoms with E-state index in [-0.39, 0.29) is 17.0 Å². The molecule has 1 fully saturated rings. The molecule has 2 heterocycles. The van der Waals surface area contributed by atoms with Crippen LogP contribution in [0.15, 0.2) is 11.3 Å². The first kappa shape index (κ1) is 16.2. The zero-order valence-electron chi connectivity index (χ0n) is 11.8. The van der Waals surface area contributed by atoms with Gasteiger partial charge in [-0.05, 0) is 0 Å². The predicted molar refractivity (Wildman–Crippen MR) is 79.7 cm³/mol. The average Bonchev–Trinajstić information content (AvgIpc) is 2.43. The number of hydrogen-bond donors (Lipinski definition) is 2. The fraction of sp³-hybridized carbons (Fsp3) is 0.545. The van der Waals surface area contributed by atoms with Gasteiger partial charge in [-0.25, -0.2) is 0 Å². The van der Waals surface area contributed by atoms with Crippen molar-refractivity contribution in [2.24, 2.45) is 0 Å². The van der Waals surface area contributed by atoms with Crippen LogP contribution in [0.4, 0.5) is 0 Å². The number of carbonyl (C=O) groups is 3. The van der Waals surface area contributed by atoms with E-state index >= 15 is 0 Å². The number of nitrogens with one attached hydrogen (secondary N) is 1. The van der Waals surface area contributed by atoms with Crippen molar-refractivity contribution in [2.75, 3.05) is 12.9 Å². The van der Waals surface area contributed by atoms with Crippen LogP contribution in [-0.2, 0) is 23.9 Å². The normalized spacial score (nSPS) is 26.1.